The van der Waals surface area contributed by atoms with Crippen LogP contribution in [0.3, 0.4) is 0 Å². The van der Waals surface area contributed by atoms with Crippen molar-refractivity contribution in [3.05, 3.63) is 40.8 Å². The molecule has 1 N–H and O–H groups in total. The average Bonchev–Trinajstić information content (AvgIpc) is 2.90. The summed E-state index contributed by atoms with van der Waals surface area (Å²) in [6, 6.07) is 4.44. The molecule has 6 nitrogen and oxygen atoms in total. The molecular formula is C12H12N2O4S2. The van der Waals surface area contributed by atoms with Crippen molar-refractivity contribution in [3.8, 4) is 0 Å². The molecule has 20 heavy (non-hydrogen) atoms. The molecule has 0 aromatic carbocycles. The van der Waals surface area contributed by atoms with E-state index < -0.39 is 16.0 Å². The molecule has 2 aromatic rings. The lowest BCUT2D eigenvalue weighted by molar-refractivity contribution is 0.0698. The van der Waals surface area contributed by atoms with Gasteiger partial charge in [0.15, 0.2) is 0 Å². The van der Waals surface area contributed by atoms with Gasteiger partial charge in [0.2, 0.25) is 0 Å². The number of nitrogens with zero attached hydrogens (tertiary/aromatic N) is 2. The van der Waals surface area contributed by atoms with E-state index >= 15 is 0 Å². The summed E-state index contributed by atoms with van der Waals surface area (Å²) >= 11 is 0.890. The zero-order chi connectivity index (χ0) is 14.8. The molecule has 0 spiro atoms. The van der Waals surface area contributed by atoms with Gasteiger partial charge in [0.05, 0.1) is 5.69 Å². The van der Waals surface area contributed by atoms with Gasteiger partial charge in [-0.1, -0.05) is 0 Å². The van der Waals surface area contributed by atoms with Crippen molar-refractivity contribution in [2.75, 3.05) is 10.8 Å². The highest BCUT2D eigenvalue weighted by Gasteiger charge is 2.29. The smallest absolute Gasteiger partial charge is 0.347 e. The van der Waals surface area contributed by atoms with Crippen LogP contribution in [0.4, 0.5) is 5.69 Å². The lowest BCUT2D eigenvalue weighted by Gasteiger charge is -2.22. The molecule has 0 amide bonds. The topological polar surface area (TPSA) is 87.6 Å². The third kappa shape index (κ3) is 2.52. The maximum atomic E-state index is 12.6. The van der Waals surface area contributed by atoms with Gasteiger partial charge >= 0.3 is 5.97 Å². The molecule has 0 atom stereocenters. The van der Waals surface area contributed by atoms with Crippen molar-refractivity contribution < 1.29 is 18.3 Å². The number of sulfonamides is 1. The number of carboxylic acid groups (broad SMARTS) is 1. The van der Waals surface area contributed by atoms with Gasteiger partial charge in [-0.2, -0.15) is 0 Å². The number of pyridine rings is 1. The number of hydrogen-bond acceptors (Lipinski definition) is 5. The van der Waals surface area contributed by atoms with Crippen LogP contribution in [-0.2, 0) is 10.0 Å². The van der Waals surface area contributed by atoms with Crippen molar-refractivity contribution in [2.45, 2.75) is 11.8 Å². The molecule has 0 aliphatic heterocycles. The Balaban J connectivity index is 2.53. The number of aromatic nitrogens is 1. The fourth-order valence-corrected chi connectivity index (χ4v) is 4.49. The molecule has 0 saturated carbocycles. The lowest BCUT2D eigenvalue weighted by Crippen LogP contribution is -2.31. The fraction of sp³-hybridized carbons (Fsp3) is 0.167. The Morgan fingerprint density at radius 1 is 1.35 bits per heavy atom. The van der Waals surface area contributed by atoms with Gasteiger partial charge in [0.25, 0.3) is 10.0 Å². The molecular weight excluding hydrogens is 300 g/mol. The van der Waals surface area contributed by atoms with Crippen LogP contribution < -0.4 is 4.31 Å². The summed E-state index contributed by atoms with van der Waals surface area (Å²) in [5, 5.41) is 10.5. The first-order valence-corrected chi connectivity index (χ1v) is 8.04. The van der Waals surface area contributed by atoms with E-state index in [9.17, 15) is 13.2 Å². The molecule has 106 valence electrons. The standard InChI is InChI=1S/C12H12N2O4S2/c1-2-14(9-3-6-13-7-4-9)20(17,18)10-5-8-19-11(10)12(15)16/h3-8H,2H2,1H3,(H,15,16). The van der Waals surface area contributed by atoms with Gasteiger partial charge in [0, 0.05) is 18.9 Å². The minimum Gasteiger partial charge on any atom is -0.477 e. The maximum Gasteiger partial charge on any atom is 0.347 e. The van der Waals surface area contributed by atoms with Crippen molar-refractivity contribution in [1.82, 2.24) is 4.98 Å². The molecule has 2 rings (SSSR count). The zero-order valence-corrected chi connectivity index (χ0v) is 12.2. The van der Waals surface area contributed by atoms with Crippen LogP contribution in [0.25, 0.3) is 0 Å². The SMILES string of the molecule is CCN(c1ccncc1)S(=O)(=O)c1ccsc1C(=O)O. The number of carboxylic acids is 1. The van der Waals surface area contributed by atoms with E-state index in [0.717, 1.165) is 15.6 Å². The Hall–Kier alpha value is -1.93. The second kappa shape index (κ2) is 5.59. The molecule has 2 heterocycles. The summed E-state index contributed by atoms with van der Waals surface area (Å²) < 4.78 is 26.4. The van der Waals surface area contributed by atoms with Crippen molar-refractivity contribution in [3.63, 3.8) is 0 Å². The molecule has 0 radical (unpaired) electrons. The maximum absolute atomic E-state index is 12.6. The first-order chi connectivity index (χ1) is 9.48. The predicted molar refractivity (Wildman–Crippen MR) is 75.7 cm³/mol. The van der Waals surface area contributed by atoms with E-state index in [2.05, 4.69) is 4.98 Å². The number of thiophene rings is 1. The molecule has 0 fully saturated rings. The summed E-state index contributed by atoms with van der Waals surface area (Å²) in [5.74, 6) is -1.25. The molecule has 0 aliphatic carbocycles. The highest BCUT2D eigenvalue weighted by atomic mass is 32.2. The quantitative estimate of drug-likeness (QED) is 0.913. The zero-order valence-electron chi connectivity index (χ0n) is 10.6. The third-order valence-corrected chi connectivity index (χ3v) is 5.61. The van der Waals surface area contributed by atoms with Crippen LogP contribution in [0.15, 0.2) is 40.9 Å². The monoisotopic (exact) mass is 312 g/mol. The number of rotatable bonds is 5. The number of aromatic carboxylic acids is 1. The Labute approximate surface area is 120 Å². The van der Waals surface area contributed by atoms with Gasteiger partial charge in [0.1, 0.15) is 9.77 Å². The average molecular weight is 312 g/mol. The van der Waals surface area contributed by atoms with E-state index in [-0.39, 0.29) is 16.3 Å². The molecule has 8 heteroatoms. The lowest BCUT2D eigenvalue weighted by atomic mass is 10.4. The van der Waals surface area contributed by atoms with Crippen LogP contribution in [0.5, 0.6) is 0 Å². The highest BCUT2D eigenvalue weighted by molar-refractivity contribution is 7.93. The molecule has 0 unspecified atom stereocenters. The van der Waals surface area contributed by atoms with Gasteiger partial charge in [-0.15, -0.1) is 11.3 Å². The van der Waals surface area contributed by atoms with Gasteiger partial charge in [-0.3, -0.25) is 9.29 Å². The Kier molecular flexibility index (Phi) is 4.05. The summed E-state index contributed by atoms with van der Waals surface area (Å²) in [4.78, 5) is 14.6. The van der Waals surface area contributed by atoms with Crippen LogP contribution in [0.2, 0.25) is 0 Å². The minimum atomic E-state index is -3.90. The Morgan fingerprint density at radius 2 is 2.00 bits per heavy atom. The van der Waals surface area contributed by atoms with Gasteiger partial charge < -0.3 is 5.11 Å². The first-order valence-electron chi connectivity index (χ1n) is 5.72. The second-order valence-electron chi connectivity index (χ2n) is 3.79. The van der Waals surface area contributed by atoms with E-state index in [1.165, 1.54) is 23.8 Å². The first kappa shape index (κ1) is 14.5. The van der Waals surface area contributed by atoms with E-state index in [4.69, 9.17) is 5.11 Å². The van der Waals surface area contributed by atoms with E-state index in [1.54, 1.807) is 19.1 Å². The van der Waals surface area contributed by atoms with Crippen molar-refractivity contribution >= 4 is 33.0 Å². The van der Waals surface area contributed by atoms with Crippen LogP contribution >= 0.6 is 11.3 Å². The number of carbonyl (C=O) groups is 1. The summed E-state index contributed by atoms with van der Waals surface area (Å²) in [6.07, 6.45) is 2.97. The molecule has 2 aromatic heterocycles. The number of hydrogen-bond donors (Lipinski definition) is 1. The minimum absolute atomic E-state index is 0.183. The van der Waals surface area contributed by atoms with Crippen LogP contribution in [0.1, 0.15) is 16.6 Å². The van der Waals surface area contributed by atoms with Crippen molar-refractivity contribution in [2.24, 2.45) is 0 Å². The normalized spacial score (nSPS) is 11.2. The second-order valence-corrected chi connectivity index (χ2v) is 6.54. The molecule has 0 bridgehead atoms. The van der Waals surface area contributed by atoms with Crippen LogP contribution in [0, 0.1) is 0 Å². The van der Waals surface area contributed by atoms with Crippen LogP contribution in [-0.4, -0.2) is 31.0 Å². The van der Waals surface area contributed by atoms with E-state index in [1.807, 2.05) is 0 Å². The predicted octanol–water partition coefficient (Wildman–Crippen LogP) is 2.06. The highest BCUT2D eigenvalue weighted by Crippen LogP contribution is 2.28. The largest absolute Gasteiger partial charge is 0.477 e. The Bertz CT molecular complexity index is 710. The third-order valence-electron chi connectivity index (χ3n) is 2.63. The number of anilines is 1. The molecule has 0 saturated heterocycles. The Morgan fingerprint density at radius 3 is 2.55 bits per heavy atom. The fourth-order valence-electron chi connectivity index (χ4n) is 1.78. The molecule has 0 aliphatic rings. The van der Waals surface area contributed by atoms with E-state index in [0.29, 0.717) is 5.69 Å². The summed E-state index contributed by atoms with van der Waals surface area (Å²) in [6.45, 7) is 1.88. The van der Waals surface area contributed by atoms with Gasteiger partial charge in [-0.05, 0) is 30.5 Å². The summed E-state index contributed by atoms with van der Waals surface area (Å²) in [7, 11) is -3.90. The van der Waals surface area contributed by atoms with Gasteiger partial charge in [-0.25, -0.2) is 13.2 Å². The summed E-state index contributed by atoms with van der Waals surface area (Å²) in [5.41, 5.74) is 0.449. The van der Waals surface area contributed by atoms with Crippen molar-refractivity contribution in [1.29, 1.82) is 0 Å².